The van der Waals surface area contributed by atoms with Crippen LogP contribution in [0.3, 0.4) is 0 Å². The molecule has 0 spiro atoms. The Labute approximate surface area is 193 Å². The minimum Gasteiger partial charge on any atom is -0.319 e. The molecule has 1 aliphatic heterocycles. The monoisotopic (exact) mass is 500 g/mol. The van der Waals surface area contributed by atoms with Gasteiger partial charge in [-0.15, -0.1) is 0 Å². The first-order valence-electron chi connectivity index (χ1n) is 10.0. The normalized spacial score (nSPS) is 22.8. The Hall–Kier alpha value is -1.33. The average molecular weight is 501 g/mol. The highest BCUT2D eigenvalue weighted by atomic mass is 79.9. The van der Waals surface area contributed by atoms with Gasteiger partial charge in [-0.25, -0.2) is 9.34 Å². The first-order chi connectivity index (χ1) is 14.4. The Kier molecular flexibility index (Phi) is 6.59. The van der Waals surface area contributed by atoms with Crippen LogP contribution in [0.15, 0.2) is 89.4 Å². The van der Waals surface area contributed by atoms with Gasteiger partial charge in [-0.05, 0) is 55.6 Å². The van der Waals surface area contributed by atoms with Gasteiger partial charge in [0, 0.05) is 4.47 Å². The molecule has 6 heteroatoms. The molecule has 1 fully saturated rings. The van der Waals surface area contributed by atoms with Crippen LogP contribution >= 0.6 is 22.5 Å². The summed E-state index contributed by atoms with van der Waals surface area (Å²) in [5.74, 6) is 0. The molecule has 4 rings (SSSR count). The van der Waals surface area contributed by atoms with E-state index in [4.69, 9.17) is 16.3 Å². The van der Waals surface area contributed by atoms with Gasteiger partial charge in [0.15, 0.2) is 0 Å². The molecule has 0 saturated carbocycles. The van der Waals surface area contributed by atoms with Crippen molar-refractivity contribution in [1.29, 1.82) is 0 Å². The summed E-state index contributed by atoms with van der Waals surface area (Å²) in [7, 11) is 4.23. The Morgan fingerprint density at radius 1 is 0.800 bits per heavy atom. The van der Waals surface area contributed by atoms with E-state index in [0.29, 0.717) is 0 Å². The van der Waals surface area contributed by atoms with Crippen LogP contribution in [0, 0.1) is 0 Å². The van der Waals surface area contributed by atoms with E-state index in [0.717, 1.165) is 10.0 Å². The molecular formula is C24H26BrN2OPS. The first kappa shape index (κ1) is 21.9. The molecule has 3 aromatic carbocycles. The Morgan fingerprint density at radius 2 is 1.23 bits per heavy atom. The number of nitrogens with zero attached hydrogens (tertiary/aromatic N) is 2. The molecule has 0 N–H and O–H groups in total. The summed E-state index contributed by atoms with van der Waals surface area (Å²) in [6.45, 7) is -0.371. The second-order valence-electron chi connectivity index (χ2n) is 7.62. The van der Waals surface area contributed by atoms with Gasteiger partial charge < -0.3 is 4.52 Å². The summed E-state index contributed by atoms with van der Waals surface area (Å²) in [5, 5.41) is 0. The molecule has 3 nitrogen and oxygen atoms in total. The van der Waals surface area contributed by atoms with Gasteiger partial charge in [0.1, 0.15) is 0 Å². The predicted octanol–water partition coefficient (Wildman–Crippen LogP) is 7.11. The zero-order chi connectivity index (χ0) is 21.3. The number of halogens is 1. The molecule has 30 heavy (non-hydrogen) atoms. The van der Waals surface area contributed by atoms with Gasteiger partial charge >= 0.3 is 0 Å². The quantitative estimate of drug-likeness (QED) is 0.346. The van der Waals surface area contributed by atoms with Gasteiger partial charge in [-0.3, -0.25) is 0 Å². The van der Waals surface area contributed by atoms with Crippen LogP contribution < -0.4 is 0 Å². The molecule has 1 aliphatic rings. The Bertz CT molecular complexity index is 994. The van der Waals surface area contributed by atoms with Crippen molar-refractivity contribution in [3.8, 4) is 0 Å². The average Bonchev–Trinajstić information content (AvgIpc) is 2.96. The molecule has 1 saturated heterocycles. The van der Waals surface area contributed by atoms with Gasteiger partial charge in [0.25, 0.3) is 0 Å². The van der Waals surface area contributed by atoms with Crippen molar-refractivity contribution in [2.75, 3.05) is 14.1 Å². The SMILES string of the molecule is C[C@@H](OP1(=S)N(C)[C@H](c2ccccc2)[C@@H](c2ccccc2)N1C)c1ccccc1Br. The van der Waals surface area contributed by atoms with Crippen LogP contribution in [0.25, 0.3) is 0 Å². The fourth-order valence-electron chi connectivity index (χ4n) is 4.26. The lowest BCUT2D eigenvalue weighted by molar-refractivity contribution is 0.220. The molecule has 3 atom stereocenters. The molecule has 0 aromatic heterocycles. The number of hydrogen-bond donors (Lipinski definition) is 0. The minimum absolute atomic E-state index is 0.121. The zero-order valence-electron chi connectivity index (χ0n) is 17.4. The predicted molar refractivity (Wildman–Crippen MR) is 132 cm³/mol. The maximum Gasteiger partial charge on any atom is 0.204 e. The molecule has 1 heterocycles. The lowest BCUT2D eigenvalue weighted by Crippen LogP contribution is -2.20. The summed E-state index contributed by atoms with van der Waals surface area (Å²) >= 11 is 9.97. The van der Waals surface area contributed by atoms with Crippen molar-refractivity contribution in [2.24, 2.45) is 0 Å². The lowest BCUT2D eigenvalue weighted by Gasteiger charge is -2.33. The second-order valence-corrected chi connectivity index (χ2v) is 12.4. The summed E-state index contributed by atoms with van der Waals surface area (Å²) in [6.07, 6.45) is -0.123. The highest BCUT2D eigenvalue weighted by Gasteiger charge is 2.51. The van der Waals surface area contributed by atoms with Crippen molar-refractivity contribution in [2.45, 2.75) is 25.1 Å². The fraction of sp³-hybridized carbons (Fsp3) is 0.250. The highest BCUT2D eigenvalue weighted by molar-refractivity contribution is 9.10. The summed E-state index contributed by atoms with van der Waals surface area (Å²) in [4.78, 5) is 0. The van der Waals surface area contributed by atoms with Crippen LogP contribution in [-0.4, -0.2) is 23.4 Å². The molecule has 0 radical (unpaired) electrons. The van der Waals surface area contributed by atoms with Gasteiger partial charge in [-0.1, -0.05) is 94.8 Å². The van der Waals surface area contributed by atoms with Crippen molar-refractivity contribution in [3.05, 3.63) is 106 Å². The molecular weight excluding hydrogens is 475 g/mol. The third-order valence-electron chi connectivity index (χ3n) is 5.82. The number of likely N-dealkylation sites (N-methyl/N-ethyl adjacent to an activating group) is 2. The minimum atomic E-state index is -2.46. The third-order valence-corrected chi connectivity index (χ3v) is 11.0. The van der Waals surface area contributed by atoms with Crippen LogP contribution in [0.1, 0.15) is 41.8 Å². The topological polar surface area (TPSA) is 15.7 Å². The van der Waals surface area contributed by atoms with Crippen LogP contribution in [-0.2, 0) is 16.3 Å². The largest absolute Gasteiger partial charge is 0.319 e. The Morgan fingerprint density at radius 3 is 1.70 bits per heavy atom. The van der Waals surface area contributed by atoms with Crippen LogP contribution in [0.4, 0.5) is 0 Å². The lowest BCUT2D eigenvalue weighted by atomic mass is 9.93. The van der Waals surface area contributed by atoms with E-state index in [1.165, 1.54) is 11.1 Å². The van der Waals surface area contributed by atoms with E-state index in [2.05, 4.69) is 113 Å². The molecule has 3 aromatic rings. The third kappa shape index (κ3) is 3.95. The van der Waals surface area contributed by atoms with Gasteiger partial charge in [0.2, 0.25) is 6.57 Å². The maximum absolute atomic E-state index is 6.74. The molecule has 0 unspecified atom stereocenters. The first-order valence-corrected chi connectivity index (χ1v) is 13.4. The number of rotatable bonds is 5. The number of hydrogen-bond acceptors (Lipinski definition) is 2. The van der Waals surface area contributed by atoms with Gasteiger partial charge in [0.05, 0.1) is 18.2 Å². The van der Waals surface area contributed by atoms with Crippen molar-refractivity contribution in [1.82, 2.24) is 9.34 Å². The van der Waals surface area contributed by atoms with Crippen molar-refractivity contribution >= 4 is 34.3 Å². The Balaban J connectivity index is 1.75. The smallest absolute Gasteiger partial charge is 0.204 e. The van der Waals surface area contributed by atoms with Gasteiger partial charge in [-0.2, -0.15) is 0 Å². The van der Waals surface area contributed by atoms with E-state index in [9.17, 15) is 0 Å². The van der Waals surface area contributed by atoms with E-state index in [1.807, 2.05) is 18.2 Å². The molecule has 156 valence electrons. The van der Waals surface area contributed by atoms with Crippen LogP contribution in [0.2, 0.25) is 0 Å². The zero-order valence-corrected chi connectivity index (χ0v) is 20.6. The molecule has 0 amide bonds. The highest BCUT2D eigenvalue weighted by Crippen LogP contribution is 2.70. The summed E-state index contributed by atoms with van der Waals surface area (Å²) in [6, 6.07) is 29.7. The summed E-state index contributed by atoms with van der Waals surface area (Å²) < 4.78 is 12.4. The van der Waals surface area contributed by atoms with E-state index >= 15 is 0 Å². The molecule has 0 aliphatic carbocycles. The molecule has 0 bridgehead atoms. The van der Waals surface area contributed by atoms with E-state index in [-0.39, 0.29) is 18.2 Å². The number of benzene rings is 3. The standard InChI is InChI=1S/C24H26BrN2OPS/c1-18(21-16-10-11-17-22(21)25)28-29(30)26(2)23(19-12-6-4-7-13-19)24(27(29)3)20-14-8-5-9-15-20/h4-18,23-24H,1-3H3/t18-,23-,24-/m1/s1. The second kappa shape index (κ2) is 9.04. The van der Waals surface area contributed by atoms with Crippen molar-refractivity contribution in [3.63, 3.8) is 0 Å². The van der Waals surface area contributed by atoms with E-state index < -0.39 is 6.57 Å². The fourth-order valence-corrected chi connectivity index (χ4v) is 8.28. The van der Waals surface area contributed by atoms with Crippen LogP contribution in [0.5, 0.6) is 0 Å². The summed E-state index contributed by atoms with van der Waals surface area (Å²) in [5.41, 5.74) is 3.62. The van der Waals surface area contributed by atoms with Crippen molar-refractivity contribution < 1.29 is 4.52 Å². The van der Waals surface area contributed by atoms with E-state index in [1.54, 1.807) is 0 Å². The maximum atomic E-state index is 6.74.